The van der Waals surface area contributed by atoms with Crippen LogP contribution in [0.2, 0.25) is 0 Å². The molecule has 3 saturated heterocycles. The number of nitrogens with zero attached hydrogens (tertiary/aromatic N) is 4. The van der Waals surface area contributed by atoms with Crippen molar-refractivity contribution in [2.75, 3.05) is 26.2 Å². The third-order valence-electron chi connectivity index (χ3n) is 8.62. The number of likely N-dealkylation sites (tertiary alicyclic amines) is 1. The van der Waals surface area contributed by atoms with Gasteiger partial charge in [-0.1, -0.05) is 44.2 Å². The van der Waals surface area contributed by atoms with Gasteiger partial charge in [-0.2, -0.15) is 5.06 Å². The van der Waals surface area contributed by atoms with Crippen molar-refractivity contribution in [1.29, 1.82) is 0 Å². The molecule has 1 saturated carbocycles. The Morgan fingerprint density at radius 1 is 1.05 bits per heavy atom. The molecule has 1 unspecified atom stereocenters. The molecule has 0 N–H and O–H groups in total. The van der Waals surface area contributed by atoms with Crippen molar-refractivity contribution in [2.45, 2.75) is 83.7 Å². The number of hydrogen-bond acceptors (Lipinski definition) is 6. The molecule has 2 atom stereocenters. The van der Waals surface area contributed by atoms with E-state index in [0.29, 0.717) is 45.2 Å². The van der Waals surface area contributed by atoms with Gasteiger partial charge in [0.25, 0.3) is 5.91 Å². The average Bonchev–Trinajstić information content (AvgIpc) is 3.04. The summed E-state index contributed by atoms with van der Waals surface area (Å²) in [5.41, 5.74) is -0.226. The van der Waals surface area contributed by atoms with Gasteiger partial charge in [0.2, 0.25) is 11.8 Å². The molecule has 3 aliphatic heterocycles. The maximum atomic E-state index is 14.0. The van der Waals surface area contributed by atoms with Gasteiger partial charge in [-0.05, 0) is 50.0 Å². The Bertz CT molecular complexity index is 1080. The van der Waals surface area contributed by atoms with Gasteiger partial charge in [0, 0.05) is 32.6 Å². The fourth-order valence-electron chi connectivity index (χ4n) is 6.32. The third-order valence-corrected chi connectivity index (χ3v) is 8.62. The van der Waals surface area contributed by atoms with E-state index in [4.69, 9.17) is 9.57 Å². The van der Waals surface area contributed by atoms with Crippen molar-refractivity contribution in [1.82, 2.24) is 19.8 Å². The van der Waals surface area contributed by atoms with Gasteiger partial charge in [-0.15, -0.1) is 0 Å². The summed E-state index contributed by atoms with van der Waals surface area (Å²) in [4.78, 5) is 64.8. The molecule has 39 heavy (non-hydrogen) atoms. The van der Waals surface area contributed by atoms with E-state index in [1.807, 2.05) is 35.2 Å². The van der Waals surface area contributed by atoms with Crippen molar-refractivity contribution in [3.8, 4) is 0 Å². The van der Waals surface area contributed by atoms with Crippen molar-refractivity contribution < 1.29 is 28.8 Å². The molecule has 4 amide bonds. The van der Waals surface area contributed by atoms with Gasteiger partial charge >= 0.3 is 6.09 Å². The van der Waals surface area contributed by atoms with Crippen LogP contribution in [-0.2, 0) is 30.6 Å². The molecule has 10 heteroatoms. The number of piperidine rings is 1. The van der Waals surface area contributed by atoms with Crippen molar-refractivity contribution in [3.63, 3.8) is 0 Å². The second-order valence-corrected chi connectivity index (χ2v) is 11.8. The fourth-order valence-corrected chi connectivity index (χ4v) is 6.32. The molecule has 0 aromatic heterocycles. The molecule has 0 bridgehead atoms. The van der Waals surface area contributed by atoms with Gasteiger partial charge in [0.15, 0.2) is 11.8 Å². The lowest BCUT2D eigenvalue weighted by Gasteiger charge is -2.53. The van der Waals surface area contributed by atoms with Crippen LogP contribution in [0.5, 0.6) is 0 Å². The summed E-state index contributed by atoms with van der Waals surface area (Å²) < 4.78 is 5.67. The highest BCUT2D eigenvalue weighted by molar-refractivity contribution is 5.89. The largest absolute Gasteiger partial charge is 0.443 e. The Morgan fingerprint density at radius 2 is 1.74 bits per heavy atom. The Labute approximate surface area is 230 Å². The van der Waals surface area contributed by atoms with E-state index in [1.54, 1.807) is 16.7 Å². The number of hydrogen-bond donors (Lipinski definition) is 0. The topological polar surface area (TPSA) is 99.7 Å². The first kappa shape index (κ1) is 27.4. The van der Waals surface area contributed by atoms with E-state index >= 15 is 0 Å². The maximum Gasteiger partial charge on any atom is 0.436 e. The Morgan fingerprint density at radius 3 is 2.33 bits per heavy atom. The van der Waals surface area contributed by atoms with Gasteiger partial charge < -0.3 is 19.4 Å². The normalized spacial score (nSPS) is 25.4. The Kier molecular flexibility index (Phi) is 7.84. The van der Waals surface area contributed by atoms with E-state index in [0.717, 1.165) is 12.0 Å². The van der Waals surface area contributed by atoms with Crippen LogP contribution in [0.25, 0.3) is 0 Å². The third kappa shape index (κ3) is 5.48. The van der Waals surface area contributed by atoms with Crippen LogP contribution in [0.15, 0.2) is 30.3 Å². The molecule has 1 aromatic rings. The quantitative estimate of drug-likeness (QED) is 0.569. The van der Waals surface area contributed by atoms with Crippen LogP contribution < -0.4 is 0 Å². The molecule has 4 aliphatic rings. The minimum absolute atomic E-state index is 0.00689. The Hall–Kier alpha value is -3.14. The monoisotopic (exact) mass is 540 g/mol. The van der Waals surface area contributed by atoms with Gasteiger partial charge in [-0.25, -0.2) is 9.63 Å². The zero-order chi connectivity index (χ0) is 27.7. The van der Waals surface area contributed by atoms with E-state index in [9.17, 15) is 19.2 Å². The summed E-state index contributed by atoms with van der Waals surface area (Å²) in [7, 11) is 0. The van der Waals surface area contributed by atoms with Gasteiger partial charge in [-0.3, -0.25) is 14.4 Å². The smallest absolute Gasteiger partial charge is 0.436 e. The average molecular weight is 541 g/mol. The molecular weight excluding hydrogens is 500 g/mol. The lowest BCUT2D eigenvalue weighted by atomic mass is 9.78. The second-order valence-electron chi connectivity index (χ2n) is 11.8. The van der Waals surface area contributed by atoms with Crippen molar-refractivity contribution in [3.05, 3.63) is 35.9 Å². The maximum absolute atomic E-state index is 14.0. The summed E-state index contributed by atoms with van der Waals surface area (Å²) in [5.74, 6) is -0.211. The summed E-state index contributed by atoms with van der Waals surface area (Å²) in [6, 6.07) is 9.33. The molecule has 212 valence electrons. The van der Waals surface area contributed by atoms with E-state index in [2.05, 4.69) is 13.8 Å². The molecule has 10 nitrogen and oxygen atoms in total. The number of fused-ring (bicyclic) bond motifs is 1. The first-order valence-corrected chi connectivity index (χ1v) is 14.2. The highest BCUT2D eigenvalue weighted by Crippen LogP contribution is 2.44. The summed E-state index contributed by atoms with van der Waals surface area (Å²) in [6.07, 6.45) is 2.43. The SMILES string of the molecule is CC(=O)N1CCC(N2CC3N(C[C@@H](CC(C)C)C2=O)C(=O)C2(CCC2)ON3C(=O)OCc2ccccc2)CC1. The molecule has 0 radical (unpaired) electrons. The molecule has 5 rings (SSSR count). The first-order valence-electron chi connectivity index (χ1n) is 14.2. The van der Waals surface area contributed by atoms with Crippen LogP contribution in [-0.4, -0.2) is 87.6 Å². The minimum atomic E-state index is -1.07. The molecule has 1 aliphatic carbocycles. The van der Waals surface area contributed by atoms with E-state index in [-0.39, 0.29) is 55.3 Å². The van der Waals surface area contributed by atoms with Crippen LogP contribution in [0.1, 0.15) is 64.9 Å². The minimum Gasteiger partial charge on any atom is -0.443 e. The summed E-state index contributed by atoms with van der Waals surface area (Å²) in [6.45, 7) is 7.35. The Balaban J connectivity index is 1.43. The molecule has 1 spiro atoms. The molecule has 3 heterocycles. The number of rotatable bonds is 5. The summed E-state index contributed by atoms with van der Waals surface area (Å²) >= 11 is 0. The zero-order valence-corrected chi connectivity index (χ0v) is 23.2. The number of benzene rings is 1. The van der Waals surface area contributed by atoms with Gasteiger partial charge in [0.05, 0.1) is 12.5 Å². The number of hydroxylamine groups is 2. The molecule has 4 fully saturated rings. The van der Waals surface area contributed by atoms with Gasteiger partial charge in [0.1, 0.15) is 6.61 Å². The predicted molar refractivity (Wildman–Crippen MR) is 142 cm³/mol. The number of amides is 4. The number of ether oxygens (including phenoxy) is 1. The van der Waals surface area contributed by atoms with E-state index < -0.39 is 17.9 Å². The zero-order valence-electron chi connectivity index (χ0n) is 23.2. The lowest BCUT2D eigenvalue weighted by Crippen LogP contribution is -2.71. The van der Waals surface area contributed by atoms with E-state index in [1.165, 1.54) is 5.06 Å². The summed E-state index contributed by atoms with van der Waals surface area (Å²) in [5, 5.41) is 1.23. The van der Waals surface area contributed by atoms with Crippen LogP contribution in [0, 0.1) is 11.8 Å². The highest BCUT2D eigenvalue weighted by Gasteiger charge is 2.59. The van der Waals surface area contributed by atoms with Crippen molar-refractivity contribution >= 4 is 23.8 Å². The molecule has 1 aromatic carbocycles. The van der Waals surface area contributed by atoms with Crippen LogP contribution in [0.3, 0.4) is 0 Å². The second kappa shape index (κ2) is 11.2. The standard InChI is InChI=1S/C29H40N4O6/c1-20(2)16-23-17-32-25(18-31(26(23)35)24-10-14-30(15-11-24)21(3)34)33(39-29(27(32)36)12-7-13-29)28(37)38-19-22-8-5-4-6-9-22/h4-6,8-9,20,23-25H,7,10-19H2,1-3H3/t23-,25?/m1/s1. The first-order chi connectivity index (χ1) is 18.7. The molecular formula is C29H40N4O6. The number of carbonyl (C=O) groups is 4. The highest BCUT2D eigenvalue weighted by atomic mass is 16.8. The van der Waals surface area contributed by atoms with Crippen molar-refractivity contribution in [2.24, 2.45) is 11.8 Å². The lowest BCUT2D eigenvalue weighted by molar-refractivity contribution is -0.306. The predicted octanol–water partition coefficient (Wildman–Crippen LogP) is 3.16. The fraction of sp³-hybridized carbons (Fsp3) is 0.655. The van der Waals surface area contributed by atoms with Crippen LogP contribution in [0.4, 0.5) is 4.79 Å². The number of carbonyl (C=O) groups excluding carboxylic acids is 4. The van der Waals surface area contributed by atoms with Crippen LogP contribution >= 0.6 is 0 Å².